The third-order valence-corrected chi connectivity index (χ3v) is 3.77. The van der Waals surface area contributed by atoms with E-state index >= 15 is 0 Å². The predicted molar refractivity (Wildman–Crippen MR) is 76.0 cm³/mol. The lowest BCUT2D eigenvalue weighted by atomic mass is 9.98. The summed E-state index contributed by atoms with van der Waals surface area (Å²) in [5, 5.41) is 0. The maximum atomic E-state index is 5.75. The first-order valence-electron chi connectivity index (χ1n) is 6.27. The summed E-state index contributed by atoms with van der Waals surface area (Å²) in [6, 6.07) is 8.21. The number of hydrogen-bond acceptors (Lipinski definition) is 2. The Morgan fingerprint density at radius 3 is 2.65 bits per heavy atom. The molecule has 0 bridgehead atoms. The van der Waals surface area contributed by atoms with Crippen molar-refractivity contribution >= 4 is 17.2 Å². The second-order valence-corrected chi connectivity index (χ2v) is 5.42. The molecule has 0 spiro atoms. The molecule has 1 aromatic carbocycles. The molecule has 2 rings (SSSR count). The zero-order valence-corrected chi connectivity index (χ0v) is 11.2. The summed E-state index contributed by atoms with van der Waals surface area (Å²) < 4.78 is 0. The van der Waals surface area contributed by atoms with Gasteiger partial charge in [0.15, 0.2) is 0 Å². The maximum absolute atomic E-state index is 5.75. The third kappa shape index (κ3) is 3.27. The van der Waals surface area contributed by atoms with Crippen LogP contribution in [0, 0.1) is 5.92 Å². The SMILES string of the molecule is CC1CCN(Cc2ccccc2C(N)=S)CC1. The molecule has 0 saturated carbocycles. The van der Waals surface area contributed by atoms with E-state index in [1.807, 2.05) is 12.1 Å². The van der Waals surface area contributed by atoms with Crippen molar-refractivity contribution in [3.05, 3.63) is 35.4 Å². The summed E-state index contributed by atoms with van der Waals surface area (Å²) >= 11 is 5.10. The van der Waals surface area contributed by atoms with Gasteiger partial charge >= 0.3 is 0 Å². The number of hydrogen-bond donors (Lipinski definition) is 1. The molecule has 0 atom stereocenters. The van der Waals surface area contributed by atoms with E-state index in [1.165, 1.54) is 31.5 Å². The second-order valence-electron chi connectivity index (χ2n) is 4.98. The molecule has 1 heterocycles. The highest BCUT2D eigenvalue weighted by atomic mass is 32.1. The van der Waals surface area contributed by atoms with Gasteiger partial charge in [0.1, 0.15) is 4.99 Å². The van der Waals surface area contributed by atoms with Gasteiger partial charge in [-0.1, -0.05) is 43.4 Å². The van der Waals surface area contributed by atoms with Gasteiger partial charge in [0.25, 0.3) is 0 Å². The summed E-state index contributed by atoms with van der Waals surface area (Å²) in [5.74, 6) is 0.872. The van der Waals surface area contributed by atoms with E-state index in [9.17, 15) is 0 Å². The molecule has 1 saturated heterocycles. The molecule has 1 aromatic rings. The minimum atomic E-state index is 0.506. The Morgan fingerprint density at radius 2 is 2.00 bits per heavy atom. The first-order valence-corrected chi connectivity index (χ1v) is 6.67. The van der Waals surface area contributed by atoms with Crippen molar-refractivity contribution in [2.45, 2.75) is 26.3 Å². The zero-order chi connectivity index (χ0) is 12.3. The Bertz CT molecular complexity index is 395. The average Bonchev–Trinajstić information content (AvgIpc) is 2.32. The van der Waals surface area contributed by atoms with Crippen LogP contribution in [-0.2, 0) is 6.54 Å². The Balaban J connectivity index is 2.05. The van der Waals surface area contributed by atoms with Crippen LogP contribution in [0.25, 0.3) is 0 Å². The third-order valence-electron chi connectivity index (χ3n) is 3.55. The summed E-state index contributed by atoms with van der Waals surface area (Å²) in [6.07, 6.45) is 2.60. The number of nitrogens with zero attached hydrogens (tertiary/aromatic N) is 1. The molecule has 3 heteroatoms. The zero-order valence-electron chi connectivity index (χ0n) is 10.4. The molecule has 2 N–H and O–H groups in total. The highest BCUT2D eigenvalue weighted by molar-refractivity contribution is 7.80. The molecule has 0 radical (unpaired) electrons. The van der Waals surface area contributed by atoms with Gasteiger partial charge in [0.05, 0.1) is 0 Å². The molecule has 2 nitrogen and oxygen atoms in total. The monoisotopic (exact) mass is 248 g/mol. The van der Waals surface area contributed by atoms with Crippen molar-refractivity contribution in [1.82, 2.24) is 4.90 Å². The van der Waals surface area contributed by atoms with Gasteiger partial charge in [-0.25, -0.2) is 0 Å². The van der Waals surface area contributed by atoms with E-state index < -0.39 is 0 Å². The summed E-state index contributed by atoms with van der Waals surface area (Å²) in [6.45, 7) is 5.68. The topological polar surface area (TPSA) is 29.3 Å². The molecule has 17 heavy (non-hydrogen) atoms. The molecule has 1 fully saturated rings. The largest absolute Gasteiger partial charge is 0.389 e. The quantitative estimate of drug-likeness (QED) is 0.834. The van der Waals surface area contributed by atoms with Gasteiger partial charge in [-0.2, -0.15) is 0 Å². The maximum Gasteiger partial charge on any atom is 0.104 e. The van der Waals surface area contributed by atoms with Crippen molar-refractivity contribution < 1.29 is 0 Å². The predicted octanol–water partition coefficient (Wildman–Crippen LogP) is 2.55. The number of rotatable bonds is 3. The molecule has 0 unspecified atom stereocenters. The van der Waals surface area contributed by atoms with Crippen LogP contribution in [0.15, 0.2) is 24.3 Å². The lowest BCUT2D eigenvalue weighted by Crippen LogP contribution is -2.33. The molecular weight excluding hydrogens is 228 g/mol. The Morgan fingerprint density at radius 1 is 1.35 bits per heavy atom. The number of nitrogens with two attached hydrogens (primary N) is 1. The van der Waals surface area contributed by atoms with E-state index in [2.05, 4.69) is 24.0 Å². The minimum Gasteiger partial charge on any atom is -0.389 e. The fourth-order valence-corrected chi connectivity index (χ4v) is 2.56. The van der Waals surface area contributed by atoms with Gasteiger partial charge < -0.3 is 5.73 Å². The standard InChI is InChI=1S/C14H20N2S/c1-11-6-8-16(9-7-11)10-12-4-2-3-5-13(12)14(15)17/h2-5,11H,6-10H2,1H3,(H2,15,17). The highest BCUT2D eigenvalue weighted by Gasteiger charge is 2.16. The van der Waals surface area contributed by atoms with Crippen molar-refractivity contribution in [3.8, 4) is 0 Å². The summed E-state index contributed by atoms with van der Waals surface area (Å²) in [5.41, 5.74) is 8.04. The van der Waals surface area contributed by atoms with Gasteiger partial charge in [-0.05, 0) is 37.4 Å². The first kappa shape index (κ1) is 12.5. The van der Waals surface area contributed by atoms with E-state index in [0.29, 0.717) is 4.99 Å². The van der Waals surface area contributed by atoms with Crippen LogP contribution in [0.4, 0.5) is 0 Å². The summed E-state index contributed by atoms with van der Waals surface area (Å²) in [7, 11) is 0. The fraction of sp³-hybridized carbons (Fsp3) is 0.500. The average molecular weight is 248 g/mol. The van der Waals surface area contributed by atoms with Gasteiger partial charge in [-0.15, -0.1) is 0 Å². The first-order chi connectivity index (χ1) is 8.16. The van der Waals surface area contributed by atoms with Gasteiger partial charge in [0.2, 0.25) is 0 Å². The van der Waals surface area contributed by atoms with E-state index in [4.69, 9.17) is 18.0 Å². The molecule has 0 aromatic heterocycles. The van der Waals surface area contributed by atoms with Crippen LogP contribution in [0.2, 0.25) is 0 Å². The Labute approximate surface area is 109 Å². The number of thiocarbonyl (C=S) groups is 1. The van der Waals surface area contributed by atoms with Crippen LogP contribution in [0.5, 0.6) is 0 Å². The van der Waals surface area contributed by atoms with Crippen molar-refractivity contribution in [2.24, 2.45) is 11.7 Å². The van der Waals surface area contributed by atoms with E-state index in [1.54, 1.807) is 0 Å². The van der Waals surface area contributed by atoms with Crippen molar-refractivity contribution in [3.63, 3.8) is 0 Å². The van der Waals surface area contributed by atoms with Crippen molar-refractivity contribution in [1.29, 1.82) is 0 Å². The molecule has 0 amide bonds. The molecule has 1 aliphatic rings. The van der Waals surface area contributed by atoms with Crippen LogP contribution < -0.4 is 5.73 Å². The van der Waals surface area contributed by atoms with Crippen LogP contribution in [0.3, 0.4) is 0 Å². The second kappa shape index (κ2) is 5.61. The molecule has 0 aliphatic carbocycles. The van der Waals surface area contributed by atoms with Crippen LogP contribution in [0.1, 0.15) is 30.9 Å². The van der Waals surface area contributed by atoms with Gasteiger partial charge in [0, 0.05) is 12.1 Å². The lowest BCUT2D eigenvalue weighted by molar-refractivity contribution is 0.185. The van der Waals surface area contributed by atoms with Gasteiger partial charge in [-0.3, -0.25) is 4.90 Å². The van der Waals surface area contributed by atoms with Crippen LogP contribution in [-0.4, -0.2) is 23.0 Å². The van der Waals surface area contributed by atoms with Crippen LogP contribution >= 0.6 is 12.2 Å². The Hall–Kier alpha value is -0.930. The van der Waals surface area contributed by atoms with E-state index in [-0.39, 0.29) is 0 Å². The number of benzene rings is 1. The number of piperidine rings is 1. The fourth-order valence-electron chi connectivity index (χ4n) is 2.36. The van der Waals surface area contributed by atoms with E-state index in [0.717, 1.165) is 18.0 Å². The van der Waals surface area contributed by atoms with Crippen molar-refractivity contribution in [2.75, 3.05) is 13.1 Å². The lowest BCUT2D eigenvalue weighted by Gasteiger charge is -2.30. The smallest absolute Gasteiger partial charge is 0.104 e. The minimum absolute atomic E-state index is 0.506. The Kier molecular flexibility index (Phi) is 4.13. The normalized spacial score (nSPS) is 18.2. The molecule has 1 aliphatic heterocycles. The number of likely N-dealkylation sites (tertiary alicyclic amines) is 1. The molecule has 92 valence electrons. The molecular formula is C14H20N2S. The summed E-state index contributed by atoms with van der Waals surface area (Å²) in [4.78, 5) is 3.00. The highest BCUT2D eigenvalue weighted by Crippen LogP contribution is 2.19.